The summed E-state index contributed by atoms with van der Waals surface area (Å²) in [6, 6.07) is 3.65. The number of ether oxygens (including phenoxy) is 1. The third-order valence-corrected chi connectivity index (χ3v) is 3.63. The van der Waals surface area contributed by atoms with Gasteiger partial charge < -0.3 is 9.84 Å². The van der Waals surface area contributed by atoms with Gasteiger partial charge in [0.15, 0.2) is 6.61 Å². The Bertz CT molecular complexity index is 508. The zero-order valence-electron chi connectivity index (χ0n) is 7.84. The second-order valence-electron chi connectivity index (χ2n) is 2.78. The van der Waals surface area contributed by atoms with Crippen molar-refractivity contribution >= 4 is 40.2 Å². The van der Waals surface area contributed by atoms with Gasteiger partial charge >= 0.3 is 5.97 Å². The Balaban J connectivity index is 2.10. The molecule has 0 saturated heterocycles. The first kappa shape index (κ1) is 11.4. The van der Waals surface area contributed by atoms with Crippen LogP contribution in [0.2, 0.25) is 4.34 Å². The van der Waals surface area contributed by atoms with E-state index in [1.807, 2.05) is 6.07 Å². The molecular weight excluding hydrogens is 270 g/mol. The van der Waals surface area contributed by atoms with E-state index in [4.69, 9.17) is 21.4 Å². The summed E-state index contributed by atoms with van der Waals surface area (Å²) >= 11 is 8.48. The summed E-state index contributed by atoms with van der Waals surface area (Å²) in [6.07, 6.45) is 0. The van der Waals surface area contributed by atoms with Crippen LogP contribution in [0.3, 0.4) is 0 Å². The summed E-state index contributed by atoms with van der Waals surface area (Å²) < 4.78 is 5.65. The standard InChI is InChI=1S/C9H6ClNO3S2/c10-7-2-1-6(16-7)5-4-15-9(11-5)14-3-8(12)13/h1-2,4H,3H2,(H,12,13). The fourth-order valence-electron chi connectivity index (χ4n) is 1.01. The molecule has 16 heavy (non-hydrogen) atoms. The van der Waals surface area contributed by atoms with Crippen molar-refractivity contribution in [2.45, 2.75) is 0 Å². The molecule has 2 rings (SSSR count). The fraction of sp³-hybridized carbons (Fsp3) is 0.111. The lowest BCUT2D eigenvalue weighted by atomic mass is 10.4. The number of aliphatic carboxylic acids is 1. The van der Waals surface area contributed by atoms with Gasteiger partial charge in [0.05, 0.1) is 14.9 Å². The molecule has 2 aromatic rings. The first-order valence-corrected chi connectivity index (χ1v) is 6.28. The van der Waals surface area contributed by atoms with Crippen molar-refractivity contribution in [3.8, 4) is 15.8 Å². The van der Waals surface area contributed by atoms with Crippen LogP contribution in [0.5, 0.6) is 5.19 Å². The average Bonchev–Trinajstić information content (AvgIpc) is 2.83. The lowest BCUT2D eigenvalue weighted by Crippen LogP contribution is -2.09. The van der Waals surface area contributed by atoms with E-state index in [1.165, 1.54) is 22.7 Å². The molecule has 1 N–H and O–H groups in total. The Labute approximate surface area is 104 Å². The molecule has 0 aliphatic rings. The maximum atomic E-state index is 10.3. The molecule has 0 aliphatic carbocycles. The van der Waals surface area contributed by atoms with E-state index in [2.05, 4.69) is 4.98 Å². The number of carboxylic acid groups (broad SMARTS) is 1. The Morgan fingerprint density at radius 1 is 1.56 bits per heavy atom. The van der Waals surface area contributed by atoms with Gasteiger partial charge in [0.1, 0.15) is 0 Å². The summed E-state index contributed by atoms with van der Waals surface area (Å²) in [5.74, 6) is -1.02. The maximum Gasteiger partial charge on any atom is 0.341 e. The number of carbonyl (C=O) groups is 1. The molecule has 7 heteroatoms. The van der Waals surface area contributed by atoms with Crippen LogP contribution in [-0.2, 0) is 4.79 Å². The Morgan fingerprint density at radius 3 is 3.00 bits per heavy atom. The summed E-state index contributed by atoms with van der Waals surface area (Å²) in [5, 5.41) is 10.6. The van der Waals surface area contributed by atoms with Gasteiger partial charge in [-0.2, -0.15) is 0 Å². The van der Waals surface area contributed by atoms with E-state index in [9.17, 15) is 4.79 Å². The van der Waals surface area contributed by atoms with Gasteiger partial charge in [-0.25, -0.2) is 9.78 Å². The molecule has 84 valence electrons. The molecule has 0 atom stereocenters. The van der Waals surface area contributed by atoms with Crippen LogP contribution in [0.25, 0.3) is 10.6 Å². The molecule has 0 amide bonds. The Kier molecular flexibility index (Phi) is 3.42. The number of halogens is 1. The van der Waals surface area contributed by atoms with E-state index in [1.54, 1.807) is 11.4 Å². The fourth-order valence-corrected chi connectivity index (χ4v) is 2.76. The number of thiazole rings is 1. The minimum Gasteiger partial charge on any atom is -0.479 e. The van der Waals surface area contributed by atoms with Crippen LogP contribution in [-0.4, -0.2) is 22.7 Å². The van der Waals surface area contributed by atoms with E-state index >= 15 is 0 Å². The third kappa shape index (κ3) is 2.72. The van der Waals surface area contributed by atoms with Crippen LogP contribution in [0.1, 0.15) is 0 Å². The molecule has 0 aliphatic heterocycles. The molecule has 0 fully saturated rings. The van der Waals surface area contributed by atoms with Gasteiger partial charge in [0, 0.05) is 5.38 Å². The topological polar surface area (TPSA) is 59.4 Å². The molecule has 2 aromatic heterocycles. The molecule has 2 heterocycles. The number of rotatable bonds is 4. The van der Waals surface area contributed by atoms with Crippen LogP contribution in [0, 0.1) is 0 Å². The number of carboxylic acids is 1. The number of hydrogen-bond donors (Lipinski definition) is 1. The SMILES string of the molecule is O=C(O)COc1nc(-c2ccc(Cl)s2)cs1. The molecular formula is C9H6ClNO3S2. The highest BCUT2D eigenvalue weighted by atomic mass is 35.5. The number of thiophene rings is 1. The van der Waals surface area contributed by atoms with Gasteiger partial charge in [0.2, 0.25) is 0 Å². The number of hydrogen-bond acceptors (Lipinski definition) is 5. The second kappa shape index (κ2) is 4.82. The smallest absolute Gasteiger partial charge is 0.341 e. The molecule has 0 unspecified atom stereocenters. The predicted molar refractivity (Wildman–Crippen MR) is 63.6 cm³/mol. The van der Waals surface area contributed by atoms with Crippen LogP contribution < -0.4 is 4.74 Å². The van der Waals surface area contributed by atoms with Gasteiger partial charge in [-0.1, -0.05) is 22.9 Å². The highest BCUT2D eigenvalue weighted by Crippen LogP contribution is 2.33. The van der Waals surface area contributed by atoms with Crippen molar-refractivity contribution in [2.24, 2.45) is 0 Å². The maximum absolute atomic E-state index is 10.3. The van der Waals surface area contributed by atoms with Crippen molar-refractivity contribution in [3.63, 3.8) is 0 Å². The summed E-state index contributed by atoms with van der Waals surface area (Å²) in [4.78, 5) is 15.4. The monoisotopic (exact) mass is 275 g/mol. The van der Waals surface area contributed by atoms with Crippen molar-refractivity contribution in [3.05, 3.63) is 21.8 Å². The minimum absolute atomic E-state index is 0.349. The van der Waals surface area contributed by atoms with Gasteiger partial charge in [-0.15, -0.1) is 11.3 Å². The molecule has 4 nitrogen and oxygen atoms in total. The Hall–Kier alpha value is -1.11. The normalized spacial score (nSPS) is 10.3. The van der Waals surface area contributed by atoms with Crippen molar-refractivity contribution in [1.82, 2.24) is 4.98 Å². The zero-order chi connectivity index (χ0) is 11.5. The first-order valence-electron chi connectivity index (χ1n) is 4.21. The minimum atomic E-state index is -1.02. The lowest BCUT2D eigenvalue weighted by molar-refractivity contribution is -0.139. The quantitative estimate of drug-likeness (QED) is 0.932. The highest BCUT2D eigenvalue weighted by molar-refractivity contribution is 7.19. The summed E-state index contributed by atoms with van der Waals surface area (Å²) in [6.45, 7) is -0.377. The van der Waals surface area contributed by atoms with Crippen molar-refractivity contribution in [1.29, 1.82) is 0 Å². The van der Waals surface area contributed by atoms with E-state index in [0.29, 0.717) is 9.53 Å². The van der Waals surface area contributed by atoms with E-state index < -0.39 is 5.97 Å². The zero-order valence-corrected chi connectivity index (χ0v) is 10.2. The van der Waals surface area contributed by atoms with Crippen molar-refractivity contribution < 1.29 is 14.6 Å². The molecule has 0 aromatic carbocycles. The van der Waals surface area contributed by atoms with Gasteiger partial charge in [-0.3, -0.25) is 0 Å². The highest BCUT2D eigenvalue weighted by Gasteiger charge is 2.08. The van der Waals surface area contributed by atoms with Crippen LogP contribution in [0.4, 0.5) is 0 Å². The van der Waals surface area contributed by atoms with Crippen LogP contribution >= 0.6 is 34.3 Å². The molecule has 0 radical (unpaired) electrons. The first-order chi connectivity index (χ1) is 7.65. The average molecular weight is 276 g/mol. The largest absolute Gasteiger partial charge is 0.479 e. The lowest BCUT2D eigenvalue weighted by Gasteiger charge is -1.95. The number of nitrogens with zero attached hydrogens (tertiary/aromatic N) is 1. The number of aromatic nitrogens is 1. The molecule has 0 saturated carbocycles. The van der Waals surface area contributed by atoms with Gasteiger partial charge in [-0.05, 0) is 12.1 Å². The summed E-state index contributed by atoms with van der Waals surface area (Å²) in [5.41, 5.74) is 0.752. The Morgan fingerprint density at radius 2 is 2.38 bits per heavy atom. The summed E-state index contributed by atoms with van der Waals surface area (Å²) in [7, 11) is 0. The predicted octanol–water partition coefficient (Wildman–Crippen LogP) is 2.99. The van der Waals surface area contributed by atoms with E-state index in [0.717, 1.165) is 10.6 Å². The molecule has 0 spiro atoms. The van der Waals surface area contributed by atoms with E-state index in [-0.39, 0.29) is 6.61 Å². The van der Waals surface area contributed by atoms with Gasteiger partial charge in [0.25, 0.3) is 5.19 Å². The van der Waals surface area contributed by atoms with Crippen molar-refractivity contribution in [2.75, 3.05) is 6.61 Å². The van der Waals surface area contributed by atoms with Crippen LogP contribution in [0.15, 0.2) is 17.5 Å². The molecule has 0 bridgehead atoms. The second-order valence-corrected chi connectivity index (χ2v) is 5.32. The third-order valence-electron chi connectivity index (χ3n) is 1.63.